The van der Waals surface area contributed by atoms with Crippen molar-refractivity contribution in [3.63, 3.8) is 0 Å². The van der Waals surface area contributed by atoms with Crippen molar-refractivity contribution in [1.82, 2.24) is 14.4 Å². The van der Waals surface area contributed by atoms with Gasteiger partial charge in [-0.25, -0.2) is 0 Å². The molecule has 20 heavy (non-hydrogen) atoms. The molecular weight excluding hydrogens is 248 g/mol. The van der Waals surface area contributed by atoms with Crippen LogP contribution in [0.4, 0.5) is 0 Å². The van der Waals surface area contributed by atoms with Crippen LogP contribution in [0, 0.1) is 23.2 Å². The quantitative estimate of drug-likeness (QED) is 0.841. The molecule has 1 saturated heterocycles. The molecule has 2 heterocycles. The van der Waals surface area contributed by atoms with Crippen LogP contribution < -0.4 is 0 Å². The van der Waals surface area contributed by atoms with E-state index in [-0.39, 0.29) is 0 Å². The van der Waals surface area contributed by atoms with E-state index in [9.17, 15) is 0 Å². The Morgan fingerprint density at radius 1 is 1.40 bits per heavy atom. The summed E-state index contributed by atoms with van der Waals surface area (Å²) in [5.41, 5.74) is 1.98. The lowest BCUT2D eigenvalue weighted by Crippen LogP contribution is -2.37. The van der Waals surface area contributed by atoms with Gasteiger partial charge in [0.1, 0.15) is 11.8 Å². The van der Waals surface area contributed by atoms with E-state index >= 15 is 0 Å². The Labute approximate surface area is 122 Å². The summed E-state index contributed by atoms with van der Waals surface area (Å²) in [5, 5.41) is 9.03. The number of nitriles is 1. The molecule has 2 atom stereocenters. The van der Waals surface area contributed by atoms with Gasteiger partial charge in [0.2, 0.25) is 0 Å². The molecular formula is C16H26N4. The highest BCUT2D eigenvalue weighted by molar-refractivity contribution is 5.28. The summed E-state index contributed by atoms with van der Waals surface area (Å²) < 4.78 is 1.91. The minimum Gasteiger partial charge on any atom is -0.342 e. The van der Waals surface area contributed by atoms with Gasteiger partial charge in [0.05, 0.1) is 0 Å². The van der Waals surface area contributed by atoms with Gasteiger partial charge >= 0.3 is 0 Å². The predicted molar refractivity (Wildman–Crippen MR) is 81.2 cm³/mol. The molecule has 2 rings (SSSR count). The van der Waals surface area contributed by atoms with Gasteiger partial charge in [-0.15, -0.1) is 0 Å². The molecule has 0 bridgehead atoms. The molecule has 0 radical (unpaired) electrons. The van der Waals surface area contributed by atoms with Gasteiger partial charge in [0, 0.05) is 38.9 Å². The Hall–Kier alpha value is -1.31. The maximum atomic E-state index is 9.03. The van der Waals surface area contributed by atoms with Crippen LogP contribution in [0.2, 0.25) is 0 Å². The topological polar surface area (TPSA) is 35.2 Å². The van der Waals surface area contributed by atoms with Crippen LogP contribution in [-0.4, -0.2) is 47.6 Å². The van der Waals surface area contributed by atoms with Gasteiger partial charge in [-0.3, -0.25) is 4.90 Å². The number of hydrogen-bond donors (Lipinski definition) is 0. The average molecular weight is 274 g/mol. The van der Waals surface area contributed by atoms with Crippen LogP contribution in [0.15, 0.2) is 12.3 Å². The van der Waals surface area contributed by atoms with Crippen LogP contribution in [0.25, 0.3) is 0 Å². The zero-order valence-corrected chi connectivity index (χ0v) is 13.3. The molecule has 110 valence electrons. The third-order valence-electron chi connectivity index (χ3n) is 4.51. The summed E-state index contributed by atoms with van der Waals surface area (Å²) in [6.07, 6.45) is 2.08. The molecule has 1 aromatic heterocycles. The Balaban J connectivity index is 2.06. The second-order valence-electron chi connectivity index (χ2n) is 6.59. The number of rotatable bonds is 4. The summed E-state index contributed by atoms with van der Waals surface area (Å²) in [6.45, 7) is 7.86. The first-order valence-corrected chi connectivity index (χ1v) is 7.36. The normalized spacial score (nSPS) is 23.7. The van der Waals surface area contributed by atoms with Gasteiger partial charge < -0.3 is 9.47 Å². The molecule has 4 nitrogen and oxygen atoms in total. The summed E-state index contributed by atoms with van der Waals surface area (Å²) in [7, 11) is 6.30. The van der Waals surface area contributed by atoms with Crippen LogP contribution in [0.3, 0.4) is 0 Å². The smallest absolute Gasteiger partial charge is 0.120 e. The molecule has 0 spiro atoms. The summed E-state index contributed by atoms with van der Waals surface area (Å²) in [6, 6.07) is 4.87. The first kappa shape index (κ1) is 15.1. The molecule has 0 N–H and O–H groups in total. The van der Waals surface area contributed by atoms with Gasteiger partial charge in [0.15, 0.2) is 0 Å². The highest BCUT2D eigenvalue weighted by atomic mass is 15.2. The highest BCUT2D eigenvalue weighted by Crippen LogP contribution is 2.28. The third-order valence-corrected chi connectivity index (χ3v) is 4.51. The van der Waals surface area contributed by atoms with Crippen molar-refractivity contribution in [1.29, 1.82) is 5.26 Å². The van der Waals surface area contributed by atoms with Crippen molar-refractivity contribution >= 4 is 0 Å². The average Bonchev–Trinajstić information content (AvgIpc) is 2.93. The summed E-state index contributed by atoms with van der Waals surface area (Å²) >= 11 is 0. The molecule has 1 aliphatic heterocycles. The fourth-order valence-corrected chi connectivity index (χ4v) is 3.31. The van der Waals surface area contributed by atoms with E-state index in [1.165, 1.54) is 5.56 Å². The number of hydrogen-bond acceptors (Lipinski definition) is 3. The standard InChI is InChI=1S/C16H26N4/c1-12(2)15-10-20(11-16(15)18(3)4)9-13-6-14(7-17)19(5)8-13/h6,8,12,15-16H,9-11H2,1-5H3/t15-,16+/m1/s1. The molecule has 0 amide bonds. The number of aryl methyl sites for hydroxylation is 1. The Morgan fingerprint density at radius 3 is 2.55 bits per heavy atom. The molecule has 4 heteroatoms. The number of likely N-dealkylation sites (N-methyl/N-ethyl adjacent to an activating group) is 1. The zero-order chi connectivity index (χ0) is 14.9. The maximum absolute atomic E-state index is 9.03. The minimum absolute atomic E-state index is 0.633. The molecule has 0 aromatic carbocycles. The van der Waals surface area contributed by atoms with Crippen molar-refractivity contribution in [3.05, 3.63) is 23.5 Å². The fourth-order valence-electron chi connectivity index (χ4n) is 3.31. The summed E-state index contributed by atoms with van der Waals surface area (Å²) in [5.74, 6) is 1.43. The first-order valence-electron chi connectivity index (χ1n) is 7.36. The number of likely N-dealkylation sites (tertiary alicyclic amines) is 1. The Kier molecular flexibility index (Phi) is 4.52. The van der Waals surface area contributed by atoms with E-state index < -0.39 is 0 Å². The first-order chi connectivity index (χ1) is 9.42. The SMILES string of the molecule is CC(C)[C@H]1CN(Cc2cc(C#N)n(C)c2)C[C@@H]1N(C)C. The van der Waals surface area contributed by atoms with Gasteiger partial charge in [-0.2, -0.15) is 5.26 Å². The predicted octanol–water partition coefficient (Wildman–Crippen LogP) is 1.91. The highest BCUT2D eigenvalue weighted by Gasteiger charge is 2.35. The Bertz CT molecular complexity index is 479. The van der Waals surface area contributed by atoms with Crippen LogP contribution in [0.1, 0.15) is 25.1 Å². The minimum atomic E-state index is 0.633. The molecule has 0 saturated carbocycles. The van der Waals surface area contributed by atoms with Crippen LogP contribution in [-0.2, 0) is 13.6 Å². The van der Waals surface area contributed by atoms with Gasteiger partial charge in [-0.05, 0) is 37.6 Å². The van der Waals surface area contributed by atoms with E-state index in [1.807, 2.05) is 17.7 Å². The summed E-state index contributed by atoms with van der Waals surface area (Å²) in [4.78, 5) is 4.88. The van der Waals surface area contributed by atoms with E-state index in [0.717, 1.165) is 31.2 Å². The largest absolute Gasteiger partial charge is 0.342 e. The van der Waals surface area contributed by atoms with E-state index in [0.29, 0.717) is 12.0 Å². The molecule has 1 aliphatic rings. The van der Waals surface area contributed by atoms with Gasteiger partial charge in [-0.1, -0.05) is 13.8 Å². The van der Waals surface area contributed by atoms with Crippen molar-refractivity contribution in [2.45, 2.75) is 26.4 Å². The lowest BCUT2D eigenvalue weighted by atomic mass is 9.91. The van der Waals surface area contributed by atoms with Crippen molar-refractivity contribution in [2.24, 2.45) is 18.9 Å². The van der Waals surface area contributed by atoms with Gasteiger partial charge in [0.25, 0.3) is 0 Å². The second kappa shape index (κ2) is 5.99. The lowest BCUT2D eigenvalue weighted by molar-refractivity contribution is 0.215. The third kappa shape index (κ3) is 3.05. The fraction of sp³-hybridized carbons (Fsp3) is 0.688. The molecule has 1 aromatic rings. The second-order valence-corrected chi connectivity index (χ2v) is 6.59. The van der Waals surface area contributed by atoms with E-state index in [4.69, 9.17) is 5.26 Å². The number of aromatic nitrogens is 1. The van der Waals surface area contributed by atoms with Crippen molar-refractivity contribution in [3.8, 4) is 6.07 Å². The zero-order valence-electron chi connectivity index (χ0n) is 13.3. The lowest BCUT2D eigenvalue weighted by Gasteiger charge is -2.27. The maximum Gasteiger partial charge on any atom is 0.120 e. The molecule has 1 fully saturated rings. The van der Waals surface area contributed by atoms with E-state index in [2.05, 4.69) is 50.0 Å². The molecule has 0 unspecified atom stereocenters. The molecule has 0 aliphatic carbocycles. The number of nitrogens with zero attached hydrogens (tertiary/aromatic N) is 4. The van der Waals surface area contributed by atoms with Crippen LogP contribution in [0.5, 0.6) is 0 Å². The van der Waals surface area contributed by atoms with Crippen LogP contribution >= 0.6 is 0 Å². The van der Waals surface area contributed by atoms with Crippen molar-refractivity contribution < 1.29 is 0 Å². The monoisotopic (exact) mass is 274 g/mol. The van der Waals surface area contributed by atoms with E-state index in [1.54, 1.807) is 0 Å². The van der Waals surface area contributed by atoms with Crippen molar-refractivity contribution in [2.75, 3.05) is 27.2 Å². The Morgan fingerprint density at radius 2 is 2.10 bits per heavy atom.